The number of hydrogen-bond donors (Lipinski definition) is 1. The van der Waals surface area contributed by atoms with E-state index in [-0.39, 0.29) is 11.7 Å². The quantitative estimate of drug-likeness (QED) is 0.922. The third kappa shape index (κ3) is 3.91. The van der Waals surface area contributed by atoms with Gasteiger partial charge in [0.15, 0.2) is 0 Å². The molecular weight excluding hydrogens is 324 g/mol. The molecule has 2 aromatic carbocycles. The number of benzene rings is 2. The fourth-order valence-electron chi connectivity index (χ4n) is 4.40. The Morgan fingerprint density at radius 3 is 2.58 bits per heavy atom. The number of phenolic OH excluding ortho intramolecular Hbond substituents is 1. The predicted octanol–water partition coefficient (Wildman–Crippen LogP) is 3.06. The van der Waals surface area contributed by atoms with Gasteiger partial charge in [-0.05, 0) is 42.0 Å². The maximum Gasteiger partial charge on any atom is 0.227 e. The van der Waals surface area contributed by atoms with Gasteiger partial charge in [-0.15, -0.1) is 0 Å². The van der Waals surface area contributed by atoms with Crippen LogP contribution in [-0.2, 0) is 17.8 Å². The molecule has 1 amide bonds. The van der Waals surface area contributed by atoms with Gasteiger partial charge < -0.3 is 10.0 Å². The molecule has 3 saturated heterocycles. The molecule has 2 atom stereocenters. The molecule has 26 heavy (non-hydrogen) atoms. The normalized spacial score (nSPS) is 23.0. The van der Waals surface area contributed by atoms with E-state index in [0.29, 0.717) is 18.4 Å². The minimum Gasteiger partial charge on any atom is -0.508 e. The van der Waals surface area contributed by atoms with E-state index in [4.69, 9.17) is 0 Å². The van der Waals surface area contributed by atoms with Crippen LogP contribution in [0.5, 0.6) is 5.75 Å². The first-order valence-corrected chi connectivity index (χ1v) is 9.51. The summed E-state index contributed by atoms with van der Waals surface area (Å²) >= 11 is 0. The summed E-state index contributed by atoms with van der Waals surface area (Å²) in [6.07, 6.45) is 2.68. The second-order valence-corrected chi connectivity index (χ2v) is 7.67. The summed E-state index contributed by atoms with van der Waals surface area (Å²) in [5.41, 5.74) is 2.22. The second kappa shape index (κ2) is 7.50. The molecule has 0 spiro atoms. The Morgan fingerprint density at radius 2 is 1.77 bits per heavy atom. The smallest absolute Gasteiger partial charge is 0.227 e. The van der Waals surface area contributed by atoms with Crippen molar-refractivity contribution in [3.8, 4) is 5.75 Å². The molecule has 0 unspecified atom stereocenters. The number of phenols is 1. The van der Waals surface area contributed by atoms with Gasteiger partial charge >= 0.3 is 0 Å². The van der Waals surface area contributed by atoms with E-state index < -0.39 is 0 Å². The van der Waals surface area contributed by atoms with Gasteiger partial charge in [-0.25, -0.2) is 0 Å². The van der Waals surface area contributed by atoms with Gasteiger partial charge in [0, 0.05) is 32.2 Å². The molecule has 136 valence electrons. The number of amides is 1. The summed E-state index contributed by atoms with van der Waals surface area (Å²) < 4.78 is 0. The third-order valence-electron chi connectivity index (χ3n) is 5.62. The summed E-state index contributed by atoms with van der Waals surface area (Å²) in [6.45, 7) is 3.86. The van der Waals surface area contributed by atoms with E-state index in [9.17, 15) is 9.90 Å². The van der Waals surface area contributed by atoms with Crippen LogP contribution in [0.15, 0.2) is 54.6 Å². The molecule has 0 saturated carbocycles. The average molecular weight is 350 g/mol. The number of aromatic hydroxyl groups is 1. The molecule has 0 radical (unpaired) electrons. The third-order valence-corrected chi connectivity index (χ3v) is 5.62. The molecule has 4 heteroatoms. The maximum absolute atomic E-state index is 12.9. The highest BCUT2D eigenvalue weighted by molar-refractivity contribution is 5.79. The molecular formula is C22H26N2O2. The molecule has 2 aromatic rings. The van der Waals surface area contributed by atoms with E-state index in [1.807, 2.05) is 6.07 Å². The van der Waals surface area contributed by atoms with Gasteiger partial charge in [-0.1, -0.05) is 42.5 Å². The van der Waals surface area contributed by atoms with E-state index >= 15 is 0 Å². The van der Waals surface area contributed by atoms with Gasteiger partial charge in [0.1, 0.15) is 5.75 Å². The first kappa shape index (κ1) is 17.1. The van der Waals surface area contributed by atoms with Crippen LogP contribution < -0.4 is 0 Å². The Kier molecular flexibility index (Phi) is 4.93. The number of carbonyl (C=O) groups excluding carboxylic acids is 1. The fourth-order valence-corrected chi connectivity index (χ4v) is 4.40. The van der Waals surface area contributed by atoms with Crippen LogP contribution in [0, 0.1) is 5.92 Å². The number of rotatable bonds is 4. The first-order chi connectivity index (χ1) is 12.7. The SMILES string of the molecule is O=C(Cc1cccc(O)c1)N1C[C@H]2CC[C@@H]1CN(Cc1ccccc1)C2. The van der Waals surface area contributed by atoms with Crippen molar-refractivity contribution >= 4 is 5.91 Å². The van der Waals surface area contributed by atoms with Crippen LogP contribution >= 0.6 is 0 Å². The number of piperidine rings is 1. The number of hydrogen-bond acceptors (Lipinski definition) is 3. The van der Waals surface area contributed by atoms with E-state index in [1.165, 1.54) is 12.0 Å². The number of carbonyl (C=O) groups is 1. The summed E-state index contributed by atoms with van der Waals surface area (Å²) in [4.78, 5) is 17.5. The standard InChI is InChI=1S/C22H26N2O2/c25-21-8-4-7-18(11-21)12-22(26)24-15-19-9-10-20(24)16-23(14-19)13-17-5-2-1-3-6-17/h1-8,11,19-20,25H,9-10,12-16H2/t19-,20+/m0/s1. The lowest BCUT2D eigenvalue weighted by molar-refractivity contribution is -0.134. The Balaban J connectivity index is 1.43. The Labute approximate surface area is 155 Å². The number of nitrogens with zero attached hydrogens (tertiary/aromatic N) is 2. The van der Waals surface area contributed by atoms with E-state index in [2.05, 4.69) is 40.1 Å². The van der Waals surface area contributed by atoms with Crippen molar-refractivity contribution in [2.24, 2.45) is 5.92 Å². The molecule has 3 aliphatic heterocycles. The van der Waals surface area contributed by atoms with Crippen molar-refractivity contribution in [1.82, 2.24) is 9.80 Å². The zero-order chi connectivity index (χ0) is 17.9. The van der Waals surface area contributed by atoms with E-state index in [0.717, 1.165) is 38.2 Å². The average Bonchev–Trinajstić information content (AvgIpc) is 2.93. The molecule has 0 aromatic heterocycles. The highest BCUT2D eigenvalue weighted by Crippen LogP contribution is 2.29. The molecule has 3 heterocycles. The topological polar surface area (TPSA) is 43.8 Å². The van der Waals surface area contributed by atoms with Crippen molar-refractivity contribution in [1.29, 1.82) is 0 Å². The van der Waals surface area contributed by atoms with Crippen molar-refractivity contribution in [3.05, 3.63) is 65.7 Å². The van der Waals surface area contributed by atoms with Gasteiger partial charge in [0.2, 0.25) is 5.91 Å². The van der Waals surface area contributed by atoms with Crippen molar-refractivity contribution in [3.63, 3.8) is 0 Å². The Hall–Kier alpha value is -2.33. The summed E-state index contributed by atoms with van der Waals surface area (Å²) in [7, 11) is 0. The van der Waals surface area contributed by atoms with Crippen LogP contribution in [-0.4, -0.2) is 46.5 Å². The fraction of sp³-hybridized carbons (Fsp3) is 0.409. The molecule has 3 fully saturated rings. The zero-order valence-electron chi connectivity index (χ0n) is 15.1. The Morgan fingerprint density at radius 1 is 0.962 bits per heavy atom. The predicted molar refractivity (Wildman–Crippen MR) is 102 cm³/mol. The van der Waals surface area contributed by atoms with Crippen molar-refractivity contribution in [2.75, 3.05) is 19.6 Å². The molecule has 2 bridgehead atoms. The minimum atomic E-state index is 0.187. The first-order valence-electron chi connectivity index (χ1n) is 9.51. The monoisotopic (exact) mass is 350 g/mol. The molecule has 1 N–H and O–H groups in total. The van der Waals surface area contributed by atoms with Crippen LogP contribution in [0.2, 0.25) is 0 Å². The van der Waals surface area contributed by atoms with Gasteiger partial charge in [-0.2, -0.15) is 0 Å². The summed E-state index contributed by atoms with van der Waals surface area (Å²) in [5.74, 6) is 0.971. The summed E-state index contributed by atoms with van der Waals surface area (Å²) in [6, 6.07) is 17.9. The minimum absolute atomic E-state index is 0.187. The van der Waals surface area contributed by atoms with Crippen molar-refractivity contribution in [2.45, 2.75) is 31.8 Å². The van der Waals surface area contributed by atoms with E-state index in [1.54, 1.807) is 18.2 Å². The largest absolute Gasteiger partial charge is 0.508 e. The molecule has 0 aliphatic carbocycles. The lowest BCUT2D eigenvalue weighted by Crippen LogP contribution is -2.47. The second-order valence-electron chi connectivity index (χ2n) is 7.67. The van der Waals surface area contributed by atoms with Crippen LogP contribution in [0.25, 0.3) is 0 Å². The molecule has 5 rings (SSSR count). The molecule has 3 aliphatic rings. The Bertz CT molecular complexity index is 762. The summed E-state index contributed by atoms with van der Waals surface area (Å²) in [5, 5.41) is 9.63. The van der Waals surface area contributed by atoms with Gasteiger partial charge in [0.25, 0.3) is 0 Å². The zero-order valence-corrected chi connectivity index (χ0v) is 15.1. The lowest BCUT2D eigenvalue weighted by atomic mass is 9.94. The lowest BCUT2D eigenvalue weighted by Gasteiger charge is -2.36. The van der Waals surface area contributed by atoms with Gasteiger partial charge in [0.05, 0.1) is 6.42 Å². The maximum atomic E-state index is 12.9. The van der Waals surface area contributed by atoms with Crippen molar-refractivity contribution < 1.29 is 9.90 Å². The highest BCUT2D eigenvalue weighted by Gasteiger charge is 2.36. The van der Waals surface area contributed by atoms with Crippen LogP contribution in [0.4, 0.5) is 0 Å². The van der Waals surface area contributed by atoms with Crippen LogP contribution in [0.3, 0.4) is 0 Å². The van der Waals surface area contributed by atoms with Gasteiger partial charge in [-0.3, -0.25) is 9.69 Å². The molecule has 4 nitrogen and oxygen atoms in total. The number of fused-ring (bicyclic) bond motifs is 4. The van der Waals surface area contributed by atoms with Crippen LogP contribution in [0.1, 0.15) is 24.0 Å². The highest BCUT2D eigenvalue weighted by atomic mass is 16.3.